The molecule has 0 unspecified atom stereocenters. The molecule has 7 heteroatoms. The lowest BCUT2D eigenvalue weighted by Crippen LogP contribution is -2.11. The number of hydrogen-bond acceptors (Lipinski definition) is 3. The molecule has 0 amide bonds. The highest BCUT2D eigenvalue weighted by Gasteiger charge is 2.33. The number of halogens is 3. The van der Waals surface area contributed by atoms with E-state index in [4.69, 9.17) is 0 Å². The van der Waals surface area contributed by atoms with Gasteiger partial charge in [0, 0.05) is 6.20 Å². The van der Waals surface area contributed by atoms with Gasteiger partial charge in [0.1, 0.15) is 0 Å². The van der Waals surface area contributed by atoms with Gasteiger partial charge >= 0.3 is 12.1 Å². The van der Waals surface area contributed by atoms with E-state index in [0.29, 0.717) is 11.1 Å². The van der Waals surface area contributed by atoms with Crippen LogP contribution in [0.5, 0.6) is 0 Å². The van der Waals surface area contributed by atoms with Crippen LogP contribution in [0.1, 0.15) is 21.6 Å². The van der Waals surface area contributed by atoms with Crippen molar-refractivity contribution < 1.29 is 22.7 Å². The fourth-order valence-electron chi connectivity index (χ4n) is 1.74. The molecule has 0 radical (unpaired) electrons. The van der Waals surface area contributed by atoms with Gasteiger partial charge in [0.05, 0.1) is 19.2 Å². The lowest BCUT2D eigenvalue weighted by Gasteiger charge is -2.08. The van der Waals surface area contributed by atoms with Crippen molar-refractivity contribution in [3.8, 4) is 0 Å². The maximum Gasteiger partial charge on any atom is 0.435 e. The van der Waals surface area contributed by atoms with E-state index in [2.05, 4.69) is 9.84 Å². The summed E-state index contributed by atoms with van der Waals surface area (Å²) in [6.45, 7) is 0.0569. The number of nitrogens with zero attached hydrogens (tertiary/aromatic N) is 2. The highest BCUT2D eigenvalue weighted by atomic mass is 19.4. The van der Waals surface area contributed by atoms with Crippen molar-refractivity contribution in [3.63, 3.8) is 0 Å². The van der Waals surface area contributed by atoms with Gasteiger partial charge in [-0.2, -0.15) is 18.3 Å². The molecule has 106 valence electrons. The van der Waals surface area contributed by atoms with Gasteiger partial charge in [0.15, 0.2) is 5.69 Å². The van der Waals surface area contributed by atoms with Gasteiger partial charge in [-0.05, 0) is 17.7 Å². The standard InChI is InChI=1S/C13H11F3N2O2/c1-20-12(19)10-5-3-2-4-9(10)8-18-7-6-11(17-18)13(14,15)16/h2-7H,8H2,1H3. The van der Waals surface area contributed by atoms with Gasteiger partial charge in [0.2, 0.25) is 0 Å². The number of alkyl halides is 3. The molecule has 1 aromatic heterocycles. The van der Waals surface area contributed by atoms with E-state index in [1.54, 1.807) is 24.3 Å². The van der Waals surface area contributed by atoms with Crippen molar-refractivity contribution in [2.45, 2.75) is 12.7 Å². The highest BCUT2D eigenvalue weighted by molar-refractivity contribution is 5.90. The number of carbonyl (C=O) groups excluding carboxylic acids is 1. The average Bonchev–Trinajstić information content (AvgIpc) is 2.87. The van der Waals surface area contributed by atoms with E-state index in [1.165, 1.54) is 13.3 Å². The quantitative estimate of drug-likeness (QED) is 0.814. The second kappa shape index (κ2) is 5.36. The Labute approximate surface area is 112 Å². The molecule has 0 N–H and O–H groups in total. The van der Waals surface area contributed by atoms with Gasteiger partial charge in [0.25, 0.3) is 0 Å². The van der Waals surface area contributed by atoms with E-state index >= 15 is 0 Å². The van der Waals surface area contributed by atoms with Crippen LogP contribution in [0, 0.1) is 0 Å². The molecule has 2 aromatic rings. The summed E-state index contributed by atoms with van der Waals surface area (Å²) in [6.07, 6.45) is -3.26. The number of methoxy groups -OCH3 is 1. The normalized spacial score (nSPS) is 11.4. The van der Waals surface area contributed by atoms with Crippen LogP contribution in [-0.4, -0.2) is 22.9 Å². The highest BCUT2D eigenvalue weighted by Crippen LogP contribution is 2.27. The summed E-state index contributed by atoms with van der Waals surface area (Å²) < 4.78 is 43.1. The maximum atomic E-state index is 12.5. The molecule has 1 aromatic carbocycles. The number of carbonyl (C=O) groups is 1. The molecular formula is C13H11F3N2O2. The van der Waals surface area contributed by atoms with Crippen LogP contribution >= 0.6 is 0 Å². The Kier molecular flexibility index (Phi) is 3.78. The molecule has 0 spiro atoms. The topological polar surface area (TPSA) is 44.1 Å². The molecule has 0 bridgehead atoms. The minimum atomic E-state index is -4.48. The lowest BCUT2D eigenvalue weighted by molar-refractivity contribution is -0.141. The molecule has 0 aliphatic carbocycles. The first-order valence-corrected chi connectivity index (χ1v) is 5.68. The predicted molar refractivity (Wildman–Crippen MR) is 64.1 cm³/mol. The summed E-state index contributed by atoms with van der Waals surface area (Å²) in [4.78, 5) is 11.6. The molecule has 1 heterocycles. The zero-order chi connectivity index (χ0) is 14.8. The largest absolute Gasteiger partial charge is 0.465 e. The minimum Gasteiger partial charge on any atom is -0.465 e. The van der Waals surface area contributed by atoms with Gasteiger partial charge in [-0.25, -0.2) is 4.79 Å². The van der Waals surface area contributed by atoms with E-state index < -0.39 is 17.8 Å². The van der Waals surface area contributed by atoms with E-state index in [1.807, 2.05) is 0 Å². The van der Waals surface area contributed by atoms with Crippen LogP contribution in [0.3, 0.4) is 0 Å². The Balaban J connectivity index is 2.27. The van der Waals surface area contributed by atoms with Crippen molar-refractivity contribution in [2.24, 2.45) is 0 Å². The summed E-state index contributed by atoms with van der Waals surface area (Å²) in [7, 11) is 1.24. The lowest BCUT2D eigenvalue weighted by atomic mass is 10.1. The zero-order valence-corrected chi connectivity index (χ0v) is 10.5. The van der Waals surface area contributed by atoms with Gasteiger partial charge < -0.3 is 4.74 Å². The van der Waals surface area contributed by atoms with Crippen LogP contribution < -0.4 is 0 Å². The van der Waals surface area contributed by atoms with Crippen LogP contribution in [-0.2, 0) is 17.5 Å². The Bertz CT molecular complexity index is 620. The molecule has 0 saturated carbocycles. The Morgan fingerprint density at radius 3 is 2.60 bits per heavy atom. The number of benzene rings is 1. The first-order valence-electron chi connectivity index (χ1n) is 5.68. The molecule has 0 aliphatic rings. The summed E-state index contributed by atoms with van der Waals surface area (Å²) in [5.41, 5.74) is -0.122. The van der Waals surface area contributed by atoms with E-state index in [-0.39, 0.29) is 6.54 Å². The Hall–Kier alpha value is -2.31. The van der Waals surface area contributed by atoms with E-state index in [9.17, 15) is 18.0 Å². The van der Waals surface area contributed by atoms with Gasteiger partial charge in [-0.15, -0.1) is 0 Å². The van der Waals surface area contributed by atoms with Crippen molar-refractivity contribution in [1.29, 1.82) is 0 Å². The third-order valence-electron chi connectivity index (χ3n) is 2.69. The molecule has 0 aliphatic heterocycles. The number of rotatable bonds is 3. The van der Waals surface area contributed by atoms with Crippen molar-refractivity contribution in [1.82, 2.24) is 9.78 Å². The average molecular weight is 284 g/mol. The number of ether oxygens (including phenoxy) is 1. The second-order valence-electron chi connectivity index (χ2n) is 4.05. The fraction of sp³-hybridized carbons (Fsp3) is 0.231. The number of hydrogen-bond donors (Lipinski definition) is 0. The summed E-state index contributed by atoms with van der Waals surface area (Å²) in [6, 6.07) is 7.42. The van der Waals surface area contributed by atoms with Crippen LogP contribution in [0.2, 0.25) is 0 Å². The molecule has 0 fully saturated rings. The van der Waals surface area contributed by atoms with Crippen LogP contribution in [0.25, 0.3) is 0 Å². The summed E-state index contributed by atoms with van der Waals surface area (Å²) >= 11 is 0. The molecular weight excluding hydrogens is 273 g/mol. The van der Waals surface area contributed by atoms with Crippen LogP contribution in [0.4, 0.5) is 13.2 Å². The number of esters is 1. The molecule has 4 nitrogen and oxygen atoms in total. The SMILES string of the molecule is COC(=O)c1ccccc1Cn1ccc(C(F)(F)F)n1. The predicted octanol–water partition coefficient (Wildman–Crippen LogP) is 2.74. The summed E-state index contributed by atoms with van der Waals surface area (Å²) in [5.74, 6) is -0.538. The van der Waals surface area contributed by atoms with Crippen molar-refractivity contribution >= 4 is 5.97 Å². The minimum absolute atomic E-state index is 0.0569. The van der Waals surface area contributed by atoms with E-state index in [0.717, 1.165) is 10.7 Å². The van der Waals surface area contributed by atoms with Crippen molar-refractivity contribution in [3.05, 3.63) is 53.3 Å². The molecule has 20 heavy (non-hydrogen) atoms. The summed E-state index contributed by atoms with van der Waals surface area (Å²) in [5, 5.41) is 3.44. The van der Waals surface area contributed by atoms with Crippen molar-refractivity contribution in [2.75, 3.05) is 7.11 Å². The van der Waals surface area contributed by atoms with Crippen LogP contribution in [0.15, 0.2) is 36.5 Å². The second-order valence-corrected chi connectivity index (χ2v) is 4.05. The smallest absolute Gasteiger partial charge is 0.435 e. The molecule has 0 atom stereocenters. The Morgan fingerprint density at radius 1 is 1.30 bits per heavy atom. The number of aromatic nitrogens is 2. The maximum absolute atomic E-state index is 12.5. The van der Waals surface area contributed by atoms with Gasteiger partial charge in [-0.1, -0.05) is 18.2 Å². The third kappa shape index (κ3) is 2.98. The first-order chi connectivity index (χ1) is 9.41. The third-order valence-corrected chi connectivity index (χ3v) is 2.69. The fourth-order valence-corrected chi connectivity index (χ4v) is 1.74. The molecule has 0 saturated heterocycles. The monoisotopic (exact) mass is 284 g/mol. The van der Waals surface area contributed by atoms with Gasteiger partial charge in [-0.3, -0.25) is 4.68 Å². The Morgan fingerprint density at radius 2 is 2.00 bits per heavy atom. The zero-order valence-electron chi connectivity index (χ0n) is 10.5. The molecule has 2 rings (SSSR count). The first kappa shape index (κ1) is 14.1.